The third kappa shape index (κ3) is 5.74. The van der Waals surface area contributed by atoms with Crippen LogP contribution in [0.4, 0.5) is 11.4 Å². The second-order valence-electron chi connectivity index (χ2n) is 8.32. The van der Waals surface area contributed by atoms with E-state index in [2.05, 4.69) is 20.7 Å². The van der Waals surface area contributed by atoms with E-state index < -0.39 is 0 Å². The number of benzene rings is 3. The van der Waals surface area contributed by atoms with Gasteiger partial charge in [0.15, 0.2) is 0 Å². The van der Waals surface area contributed by atoms with Crippen LogP contribution in [0.5, 0.6) is 0 Å². The summed E-state index contributed by atoms with van der Waals surface area (Å²) in [6.07, 6.45) is 8.98. The fraction of sp³-hybridized carbons (Fsp3) is 0.0714. The molecule has 0 aliphatic carbocycles. The van der Waals surface area contributed by atoms with Crippen LogP contribution in [-0.2, 0) is 17.8 Å². The molecule has 0 radical (unpaired) electrons. The van der Waals surface area contributed by atoms with Gasteiger partial charge in [-0.25, -0.2) is 9.67 Å². The monoisotopic (exact) mass is 476 g/mol. The zero-order chi connectivity index (χ0) is 24.7. The molecule has 8 nitrogen and oxygen atoms in total. The van der Waals surface area contributed by atoms with Crippen molar-refractivity contribution in [1.82, 2.24) is 19.3 Å². The summed E-state index contributed by atoms with van der Waals surface area (Å²) in [7, 11) is 0. The van der Waals surface area contributed by atoms with Crippen LogP contribution in [0, 0.1) is 0 Å². The Balaban J connectivity index is 1.24. The highest BCUT2D eigenvalue weighted by Crippen LogP contribution is 2.17. The highest BCUT2D eigenvalue weighted by molar-refractivity contribution is 6.04. The molecule has 2 N–H and O–H groups in total. The molecule has 5 aromatic rings. The first-order valence-electron chi connectivity index (χ1n) is 11.5. The van der Waals surface area contributed by atoms with Crippen molar-refractivity contribution in [3.63, 3.8) is 0 Å². The molecular weight excluding hydrogens is 452 g/mol. The molecule has 0 fully saturated rings. The molecular formula is C28H24N6O2. The minimum absolute atomic E-state index is 0.121. The lowest BCUT2D eigenvalue weighted by molar-refractivity contribution is -0.115. The van der Waals surface area contributed by atoms with Gasteiger partial charge in [0, 0.05) is 30.2 Å². The first-order chi connectivity index (χ1) is 17.6. The van der Waals surface area contributed by atoms with E-state index in [4.69, 9.17) is 0 Å². The number of nitrogens with one attached hydrogen (secondary N) is 2. The number of hydrogen-bond donors (Lipinski definition) is 2. The molecule has 36 heavy (non-hydrogen) atoms. The normalized spacial score (nSPS) is 10.7. The van der Waals surface area contributed by atoms with Crippen LogP contribution in [0.25, 0.3) is 5.69 Å². The largest absolute Gasteiger partial charge is 0.333 e. The van der Waals surface area contributed by atoms with Crippen LogP contribution in [0.2, 0.25) is 0 Å². The van der Waals surface area contributed by atoms with Crippen LogP contribution < -0.4 is 10.6 Å². The lowest BCUT2D eigenvalue weighted by Gasteiger charge is -2.09. The van der Waals surface area contributed by atoms with Crippen LogP contribution in [0.15, 0.2) is 110 Å². The maximum absolute atomic E-state index is 12.9. The summed E-state index contributed by atoms with van der Waals surface area (Å²) in [6, 6.07) is 24.4. The highest BCUT2D eigenvalue weighted by atomic mass is 16.2. The van der Waals surface area contributed by atoms with Crippen molar-refractivity contribution in [3.05, 3.63) is 127 Å². The van der Waals surface area contributed by atoms with E-state index in [0.717, 1.165) is 11.1 Å². The van der Waals surface area contributed by atoms with Gasteiger partial charge in [-0.2, -0.15) is 5.10 Å². The van der Waals surface area contributed by atoms with Gasteiger partial charge >= 0.3 is 0 Å². The number of imidazole rings is 1. The molecule has 8 heteroatoms. The number of aromatic nitrogens is 4. The molecule has 0 spiro atoms. The van der Waals surface area contributed by atoms with Gasteiger partial charge in [0.05, 0.1) is 36.5 Å². The number of amides is 2. The molecule has 2 heterocycles. The van der Waals surface area contributed by atoms with E-state index in [1.165, 1.54) is 0 Å². The van der Waals surface area contributed by atoms with Gasteiger partial charge < -0.3 is 15.2 Å². The zero-order valence-corrected chi connectivity index (χ0v) is 19.4. The molecule has 0 atom stereocenters. The highest BCUT2D eigenvalue weighted by Gasteiger charge is 2.10. The fourth-order valence-corrected chi connectivity index (χ4v) is 3.85. The molecule has 3 aromatic carbocycles. The fourth-order valence-electron chi connectivity index (χ4n) is 3.85. The standard InChI is InChI=1S/C28H24N6O2/c35-27(15-21-6-2-1-3-7-21)31-25-17-30-34(19-25)26-11-5-9-23(16-26)28(36)32-24-10-4-8-22(14-24)18-33-13-12-29-20-33/h1-14,16-17,19-20H,15,18H2,(H,31,35)(H,32,36). The number of hydrogen-bond acceptors (Lipinski definition) is 4. The van der Waals surface area contributed by atoms with Crippen molar-refractivity contribution in [2.45, 2.75) is 13.0 Å². The molecule has 2 aromatic heterocycles. The van der Waals surface area contributed by atoms with Crippen molar-refractivity contribution < 1.29 is 9.59 Å². The topological polar surface area (TPSA) is 93.8 Å². The van der Waals surface area contributed by atoms with Gasteiger partial charge in [0.1, 0.15) is 0 Å². The first-order valence-corrected chi connectivity index (χ1v) is 11.5. The van der Waals surface area contributed by atoms with Crippen molar-refractivity contribution in [1.29, 1.82) is 0 Å². The third-order valence-electron chi connectivity index (χ3n) is 5.56. The predicted molar refractivity (Wildman–Crippen MR) is 138 cm³/mol. The Morgan fingerprint density at radius 1 is 0.833 bits per heavy atom. The Labute approximate surface area is 208 Å². The second kappa shape index (κ2) is 10.5. The molecule has 0 aliphatic heterocycles. The maximum Gasteiger partial charge on any atom is 0.255 e. The summed E-state index contributed by atoms with van der Waals surface area (Å²) in [5.74, 6) is -0.343. The Morgan fingerprint density at radius 3 is 2.50 bits per heavy atom. The van der Waals surface area contributed by atoms with E-state index >= 15 is 0 Å². The van der Waals surface area contributed by atoms with Gasteiger partial charge in [-0.1, -0.05) is 48.5 Å². The molecule has 0 aliphatic rings. The van der Waals surface area contributed by atoms with Crippen molar-refractivity contribution >= 4 is 23.2 Å². The van der Waals surface area contributed by atoms with Gasteiger partial charge in [-0.05, 0) is 41.5 Å². The molecule has 178 valence electrons. The summed E-state index contributed by atoms with van der Waals surface area (Å²) in [5.41, 5.74) is 4.50. The predicted octanol–water partition coefficient (Wildman–Crippen LogP) is 4.55. The summed E-state index contributed by atoms with van der Waals surface area (Å²) in [4.78, 5) is 29.3. The van der Waals surface area contributed by atoms with Gasteiger partial charge in [0.2, 0.25) is 5.91 Å². The average molecular weight is 477 g/mol. The van der Waals surface area contributed by atoms with Crippen LogP contribution in [0.1, 0.15) is 21.5 Å². The molecule has 0 unspecified atom stereocenters. The lowest BCUT2D eigenvalue weighted by Crippen LogP contribution is -2.14. The zero-order valence-electron chi connectivity index (χ0n) is 19.4. The molecule has 0 bridgehead atoms. The second-order valence-corrected chi connectivity index (χ2v) is 8.32. The number of carbonyl (C=O) groups is 2. The quantitative estimate of drug-likeness (QED) is 0.344. The molecule has 0 saturated carbocycles. The number of nitrogens with zero attached hydrogens (tertiary/aromatic N) is 4. The van der Waals surface area contributed by atoms with E-state index in [1.54, 1.807) is 47.8 Å². The molecule has 5 rings (SSSR count). The van der Waals surface area contributed by atoms with E-state index in [0.29, 0.717) is 29.2 Å². The van der Waals surface area contributed by atoms with Crippen LogP contribution >= 0.6 is 0 Å². The van der Waals surface area contributed by atoms with E-state index in [9.17, 15) is 9.59 Å². The SMILES string of the molecule is O=C(Cc1ccccc1)Nc1cnn(-c2cccc(C(=O)Nc3cccc(Cn4ccnc4)c3)c2)c1. The van der Waals surface area contributed by atoms with Crippen molar-refractivity contribution in [3.8, 4) is 5.69 Å². The van der Waals surface area contributed by atoms with Crippen LogP contribution in [-0.4, -0.2) is 31.1 Å². The Bertz CT molecular complexity index is 1470. The Hall–Kier alpha value is -4.98. The average Bonchev–Trinajstić information content (AvgIpc) is 3.57. The van der Waals surface area contributed by atoms with Crippen molar-refractivity contribution in [2.24, 2.45) is 0 Å². The number of carbonyl (C=O) groups excluding carboxylic acids is 2. The molecule has 2 amide bonds. The van der Waals surface area contributed by atoms with Crippen molar-refractivity contribution in [2.75, 3.05) is 10.6 Å². The van der Waals surface area contributed by atoms with E-state index in [-0.39, 0.29) is 18.2 Å². The number of anilines is 2. The summed E-state index contributed by atoms with van der Waals surface area (Å²) < 4.78 is 3.59. The Morgan fingerprint density at radius 2 is 1.67 bits per heavy atom. The van der Waals surface area contributed by atoms with Crippen LogP contribution in [0.3, 0.4) is 0 Å². The Kier molecular flexibility index (Phi) is 6.66. The first kappa shape index (κ1) is 22.8. The third-order valence-corrected chi connectivity index (χ3v) is 5.56. The van der Waals surface area contributed by atoms with Gasteiger partial charge in [-0.15, -0.1) is 0 Å². The minimum atomic E-state index is -0.222. The van der Waals surface area contributed by atoms with Gasteiger partial charge in [-0.3, -0.25) is 9.59 Å². The molecule has 0 saturated heterocycles. The number of rotatable bonds is 8. The lowest BCUT2D eigenvalue weighted by atomic mass is 10.1. The van der Waals surface area contributed by atoms with E-state index in [1.807, 2.05) is 71.4 Å². The smallest absolute Gasteiger partial charge is 0.255 e. The summed E-state index contributed by atoms with van der Waals surface area (Å²) in [6.45, 7) is 0.669. The van der Waals surface area contributed by atoms with Gasteiger partial charge in [0.25, 0.3) is 5.91 Å². The summed E-state index contributed by atoms with van der Waals surface area (Å²) in [5, 5.41) is 10.2. The maximum atomic E-state index is 12.9. The minimum Gasteiger partial charge on any atom is -0.333 e. The summed E-state index contributed by atoms with van der Waals surface area (Å²) >= 11 is 0.